The molecule has 6 heteroatoms. The first kappa shape index (κ1) is 16.3. The van der Waals surface area contributed by atoms with Crippen LogP contribution in [0, 0.1) is 6.92 Å². The van der Waals surface area contributed by atoms with E-state index in [1.807, 2.05) is 37.3 Å². The largest absolute Gasteiger partial charge is 0.477 e. The standard InChI is InChI=1S/C17H19NO4S/c1-10-5-6-13(18-8-10)11-3-2-4-12(7-11)22-17-16(21)15(20)14(19)9-23-17/h2-8,14-17,19-21H,9H2,1H3/t14-,15+,16-,17-/m1/s1. The Morgan fingerprint density at radius 1 is 1.13 bits per heavy atom. The summed E-state index contributed by atoms with van der Waals surface area (Å²) in [5.41, 5.74) is 2.23. The summed E-state index contributed by atoms with van der Waals surface area (Å²) < 4.78 is 5.79. The fourth-order valence-electron chi connectivity index (χ4n) is 2.38. The van der Waals surface area contributed by atoms with E-state index in [9.17, 15) is 15.3 Å². The Kier molecular flexibility index (Phi) is 4.87. The number of hydrogen-bond acceptors (Lipinski definition) is 6. The van der Waals surface area contributed by atoms with Crippen LogP contribution in [0.2, 0.25) is 0 Å². The molecular formula is C17H19NO4S. The van der Waals surface area contributed by atoms with Gasteiger partial charge in [0.1, 0.15) is 18.0 Å². The van der Waals surface area contributed by atoms with Crippen molar-refractivity contribution in [2.24, 2.45) is 0 Å². The van der Waals surface area contributed by atoms with Gasteiger partial charge in [0.2, 0.25) is 0 Å². The molecule has 2 heterocycles. The van der Waals surface area contributed by atoms with Gasteiger partial charge in [0.05, 0.1) is 11.8 Å². The Labute approximate surface area is 139 Å². The maximum absolute atomic E-state index is 10.0. The van der Waals surface area contributed by atoms with E-state index in [1.165, 1.54) is 11.8 Å². The Morgan fingerprint density at radius 2 is 1.96 bits per heavy atom. The summed E-state index contributed by atoms with van der Waals surface area (Å²) in [5, 5.41) is 29.3. The first-order chi connectivity index (χ1) is 11.0. The van der Waals surface area contributed by atoms with E-state index in [1.54, 1.807) is 12.3 Å². The predicted octanol–water partition coefficient (Wildman–Crippen LogP) is 1.59. The molecule has 1 aromatic carbocycles. The fraction of sp³-hybridized carbons (Fsp3) is 0.353. The molecule has 1 aliphatic rings. The molecule has 3 rings (SSSR count). The van der Waals surface area contributed by atoms with E-state index in [4.69, 9.17) is 4.74 Å². The maximum atomic E-state index is 10.0. The summed E-state index contributed by atoms with van der Waals surface area (Å²) in [6, 6.07) is 11.4. The summed E-state index contributed by atoms with van der Waals surface area (Å²) >= 11 is 1.28. The van der Waals surface area contributed by atoms with E-state index in [0.29, 0.717) is 11.5 Å². The zero-order valence-corrected chi connectivity index (χ0v) is 13.5. The lowest BCUT2D eigenvalue weighted by atomic mass is 10.1. The molecule has 3 N–H and O–H groups in total. The minimum atomic E-state index is -1.19. The van der Waals surface area contributed by atoms with Crippen molar-refractivity contribution in [2.45, 2.75) is 30.7 Å². The smallest absolute Gasteiger partial charge is 0.173 e. The highest BCUT2D eigenvalue weighted by Gasteiger charge is 2.38. The van der Waals surface area contributed by atoms with E-state index in [2.05, 4.69) is 4.98 Å². The Hall–Kier alpha value is -1.60. The maximum Gasteiger partial charge on any atom is 0.173 e. The molecular weight excluding hydrogens is 314 g/mol. The lowest BCUT2D eigenvalue weighted by Crippen LogP contribution is -2.50. The molecule has 5 nitrogen and oxygen atoms in total. The van der Waals surface area contributed by atoms with Gasteiger partial charge in [-0.25, -0.2) is 0 Å². The fourth-order valence-corrected chi connectivity index (χ4v) is 3.51. The highest BCUT2D eigenvalue weighted by atomic mass is 32.2. The summed E-state index contributed by atoms with van der Waals surface area (Å²) in [5.74, 6) is 0.910. The van der Waals surface area contributed by atoms with Gasteiger partial charge in [-0.2, -0.15) is 0 Å². The van der Waals surface area contributed by atoms with E-state index in [0.717, 1.165) is 16.8 Å². The number of aromatic nitrogens is 1. The molecule has 0 unspecified atom stereocenters. The van der Waals surface area contributed by atoms with Gasteiger partial charge in [0.25, 0.3) is 0 Å². The van der Waals surface area contributed by atoms with E-state index >= 15 is 0 Å². The van der Waals surface area contributed by atoms with Crippen molar-refractivity contribution in [2.75, 3.05) is 5.75 Å². The van der Waals surface area contributed by atoms with Gasteiger partial charge in [-0.05, 0) is 30.7 Å². The van der Waals surface area contributed by atoms with Crippen LogP contribution in [0.4, 0.5) is 0 Å². The number of aliphatic hydroxyl groups is 3. The lowest BCUT2D eigenvalue weighted by molar-refractivity contribution is -0.0786. The average molecular weight is 333 g/mol. The second kappa shape index (κ2) is 6.88. The molecule has 0 spiro atoms. The Morgan fingerprint density at radius 3 is 2.70 bits per heavy atom. The van der Waals surface area contributed by atoms with Crippen molar-refractivity contribution >= 4 is 11.8 Å². The third-order valence-corrected chi connectivity index (χ3v) is 4.99. The van der Waals surface area contributed by atoms with Gasteiger partial charge in [0, 0.05) is 17.5 Å². The number of hydrogen-bond donors (Lipinski definition) is 3. The second-order valence-electron chi connectivity index (χ2n) is 5.62. The highest BCUT2D eigenvalue weighted by molar-refractivity contribution is 7.99. The topological polar surface area (TPSA) is 82.8 Å². The Balaban J connectivity index is 1.76. The van der Waals surface area contributed by atoms with Crippen LogP contribution in [0.15, 0.2) is 42.6 Å². The third kappa shape index (κ3) is 3.67. The number of rotatable bonds is 3. The van der Waals surface area contributed by atoms with E-state index < -0.39 is 23.7 Å². The van der Waals surface area contributed by atoms with Crippen LogP contribution in [0.5, 0.6) is 5.75 Å². The second-order valence-corrected chi connectivity index (χ2v) is 6.75. The number of thioether (sulfide) groups is 1. The molecule has 0 aliphatic carbocycles. The molecule has 0 amide bonds. The van der Waals surface area contributed by atoms with Gasteiger partial charge >= 0.3 is 0 Å². The quantitative estimate of drug-likeness (QED) is 0.791. The Bertz CT molecular complexity index is 664. The number of benzene rings is 1. The molecule has 1 aromatic heterocycles. The molecule has 1 fully saturated rings. The first-order valence-electron chi connectivity index (χ1n) is 7.40. The van der Waals surface area contributed by atoms with Gasteiger partial charge in [-0.15, -0.1) is 11.8 Å². The number of nitrogens with zero attached hydrogens (tertiary/aromatic N) is 1. The summed E-state index contributed by atoms with van der Waals surface area (Å²) in [7, 11) is 0. The minimum Gasteiger partial charge on any atom is -0.477 e. The van der Waals surface area contributed by atoms with Gasteiger partial charge in [-0.1, -0.05) is 18.2 Å². The van der Waals surface area contributed by atoms with Crippen molar-refractivity contribution < 1.29 is 20.1 Å². The van der Waals surface area contributed by atoms with Crippen LogP contribution in [0.3, 0.4) is 0 Å². The van der Waals surface area contributed by atoms with Crippen LogP contribution >= 0.6 is 11.8 Å². The van der Waals surface area contributed by atoms with Crippen molar-refractivity contribution in [3.63, 3.8) is 0 Å². The highest BCUT2D eigenvalue weighted by Crippen LogP contribution is 2.30. The van der Waals surface area contributed by atoms with Crippen molar-refractivity contribution in [1.29, 1.82) is 0 Å². The van der Waals surface area contributed by atoms with Crippen LogP contribution < -0.4 is 4.74 Å². The van der Waals surface area contributed by atoms with Gasteiger partial charge < -0.3 is 20.1 Å². The number of aliphatic hydroxyl groups excluding tert-OH is 3. The zero-order chi connectivity index (χ0) is 16.4. The number of ether oxygens (including phenoxy) is 1. The summed E-state index contributed by atoms with van der Waals surface area (Å²) in [4.78, 5) is 4.39. The molecule has 0 radical (unpaired) electrons. The normalized spacial score (nSPS) is 27.7. The van der Waals surface area contributed by atoms with Gasteiger partial charge in [-0.3, -0.25) is 4.98 Å². The number of pyridine rings is 1. The van der Waals surface area contributed by atoms with Crippen LogP contribution in [0.1, 0.15) is 5.56 Å². The lowest BCUT2D eigenvalue weighted by Gasteiger charge is -2.34. The van der Waals surface area contributed by atoms with Crippen LogP contribution in [0.25, 0.3) is 11.3 Å². The van der Waals surface area contributed by atoms with E-state index in [-0.39, 0.29) is 0 Å². The summed E-state index contributed by atoms with van der Waals surface area (Å²) in [6.07, 6.45) is -1.45. The van der Waals surface area contributed by atoms with Crippen molar-refractivity contribution in [1.82, 2.24) is 4.98 Å². The SMILES string of the molecule is Cc1ccc(-c2cccc(O[C@@H]3SC[C@@H](O)[C@H](O)[C@H]3O)c2)nc1. The third-order valence-electron chi connectivity index (χ3n) is 3.75. The zero-order valence-electron chi connectivity index (χ0n) is 12.7. The molecule has 122 valence electrons. The summed E-state index contributed by atoms with van der Waals surface area (Å²) in [6.45, 7) is 1.98. The molecule has 0 saturated carbocycles. The molecule has 2 aromatic rings. The molecule has 1 aliphatic heterocycles. The van der Waals surface area contributed by atoms with Crippen molar-refractivity contribution in [3.8, 4) is 17.0 Å². The van der Waals surface area contributed by atoms with Crippen LogP contribution in [-0.4, -0.2) is 49.8 Å². The molecule has 23 heavy (non-hydrogen) atoms. The predicted molar refractivity (Wildman–Crippen MR) is 89.3 cm³/mol. The molecule has 4 atom stereocenters. The minimum absolute atomic E-state index is 0.322. The van der Waals surface area contributed by atoms with Crippen LogP contribution in [-0.2, 0) is 0 Å². The van der Waals surface area contributed by atoms with Crippen molar-refractivity contribution in [3.05, 3.63) is 48.2 Å². The average Bonchev–Trinajstić information content (AvgIpc) is 2.56. The molecule has 1 saturated heterocycles. The first-order valence-corrected chi connectivity index (χ1v) is 8.45. The monoisotopic (exact) mass is 333 g/mol. The number of aryl methyl sites for hydroxylation is 1. The van der Waals surface area contributed by atoms with Gasteiger partial charge in [0.15, 0.2) is 5.44 Å². The molecule has 0 bridgehead atoms.